The van der Waals surface area contributed by atoms with E-state index in [-0.39, 0.29) is 0 Å². The van der Waals surface area contributed by atoms with Crippen molar-refractivity contribution in [2.45, 2.75) is 26.4 Å². The van der Waals surface area contributed by atoms with E-state index in [0.717, 1.165) is 9.26 Å². The van der Waals surface area contributed by atoms with Gasteiger partial charge in [0.2, 0.25) is 0 Å². The molecule has 0 aliphatic heterocycles. The van der Waals surface area contributed by atoms with E-state index in [0.29, 0.717) is 24.2 Å². The zero-order valence-corrected chi connectivity index (χ0v) is 10.7. The third-order valence-corrected chi connectivity index (χ3v) is 2.87. The molecule has 5 heteroatoms. The van der Waals surface area contributed by atoms with Crippen molar-refractivity contribution < 1.29 is 4.74 Å². The summed E-state index contributed by atoms with van der Waals surface area (Å²) in [6, 6.07) is 0. The van der Waals surface area contributed by atoms with E-state index in [1.54, 1.807) is 7.11 Å². The van der Waals surface area contributed by atoms with Gasteiger partial charge in [-0.15, -0.1) is 0 Å². The van der Waals surface area contributed by atoms with E-state index in [4.69, 9.17) is 10.5 Å². The van der Waals surface area contributed by atoms with Gasteiger partial charge in [0.15, 0.2) is 5.82 Å². The molecule has 0 atom stereocenters. The normalized spacial score (nSPS) is 10.9. The maximum Gasteiger partial charge on any atom is 0.156 e. The number of rotatable bonds is 3. The molecule has 2 N–H and O–H groups in total. The number of hydrogen-bond acceptors (Lipinski definition) is 4. The van der Waals surface area contributed by atoms with Gasteiger partial charge in [0.1, 0.15) is 12.4 Å². The van der Waals surface area contributed by atoms with Gasteiger partial charge in [-0.3, -0.25) is 0 Å². The van der Waals surface area contributed by atoms with Gasteiger partial charge >= 0.3 is 0 Å². The summed E-state index contributed by atoms with van der Waals surface area (Å²) >= 11 is 2.17. The fraction of sp³-hybridized carbons (Fsp3) is 0.556. The van der Waals surface area contributed by atoms with E-state index in [9.17, 15) is 0 Å². The van der Waals surface area contributed by atoms with Gasteiger partial charge < -0.3 is 10.5 Å². The first-order valence-corrected chi connectivity index (χ1v) is 5.44. The minimum absolute atomic E-state index is 0.350. The number of ether oxygens (including phenoxy) is 1. The maximum atomic E-state index is 5.78. The summed E-state index contributed by atoms with van der Waals surface area (Å²) in [5.41, 5.74) is 6.77. The lowest BCUT2D eigenvalue weighted by atomic mass is 10.1. The number of methoxy groups -OCH3 is 1. The molecule has 0 fully saturated rings. The molecule has 1 rings (SSSR count). The van der Waals surface area contributed by atoms with Crippen molar-refractivity contribution in [3.05, 3.63) is 15.1 Å². The highest BCUT2D eigenvalue weighted by Crippen LogP contribution is 2.23. The Morgan fingerprint density at radius 1 is 1.43 bits per heavy atom. The second-order valence-corrected chi connectivity index (χ2v) is 4.39. The van der Waals surface area contributed by atoms with Crippen molar-refractivity contribution in [2.24, 2.45) is 0 Å². The van der Waals surface area contributed by atoms with E-state index >= 15 is 0 Å². The smallest absolute Gasteiger partial charge is 0.156 e. The fourth-order valence-electron chi connectivity index (χ4n) is 1.11. The summed E-state index contributed by atoms with van der Waals surface area (Å²) in [6.07, 6.45) is 0. The third-order valence-electron chi connectivity index (χ3n) is 1.77. The SMILES string of the molecule is COCc1nc(N)c(I)c(C(C)C)n1. The first kappa shape index (κ1) is 11.6. The summed E-state index contributed by atoms with van der Waals surface area (Å²) in [4.78, 5) is 8.54. The monoisotopic (exact) mass is 307 g/mol. The Labute approximate surface area is 97.4 Å². The lowest BCUT2D eigenvalue weighted by Crippen LogP contribution is -2.09. The molecule has 0 bridgehead atoms. The minimum Gasteiger partial charge on any atom is -0.383 e. The van der Waals surface area contributed by atoms with Crippen LogP contribution in [0.1, 0.15) is 31.3 Å². The summed E-state index contributed by atoms with van der Waals surface area (Å²) in [5, 5.41) is 0. The highest BCUT2D eigenvalue weighted by molar-refractivity contribution is 14.1. The molecule has 0 amide bonds. The lowest BCUT2D eigenvalue weighted by molar-refractivity contribution is 0.177. The molecule has 0 saturated carbocycles. The zero-order valence-electron chi connectivity index (χ0n) is 8.54. The Bertz CT molecular complexity index is 328. The molecule has 0 aliphatic carbocycles. The average molecular weight is 307 g/mol. The minimum atomic E-state index is 0.350. The van der Waals surface area contributed by atoms with Crippen molar-refractivity contribution in [3.8, 4) is 0 Å². The van der Waals surface area contributed by atoms with Crippen LogP contribution < -0.4 is 5.73 Å². The van der Waals surface area contributed by atoms with Crippen LogP contribution >= 0.6 is 22.6 Å². The van der Waals surface area contributed by atoms with Crippen LogP contribution in [-0.4, -0.2) is 17.1 Å². The van der Waals surface area contributed by atoms with Gasteiger partial charge in [-0.25, -0.2) is 9.97 Å². The Morgan fingerprint density at radius 3 is 2.57 bits per heavy atom. The van der Waals surface area contributed by atoms with Crippen LogP contribution in [0.25, 0.3) is 0 Å². The molecule has 0 spiro atoms. The number of nitrogens with zero attached hydrogens (tertiary/aromatic N) is 2. The third kappa shape index (κ3) is 2.54. The van der Waals surface area contributed by atoms with Gasteiger partial charge in [-0.05, 0) is 28.5 Å². The molecule has 4 nitrogen and oxygen atoms in total. The molecule has 0 aliphatic rings. The van der Waals surface area contributed by atoms with Crippen LogP contribution in [-0.2, 0) is 11.3 Å². The second-order valence-electron chi connectivity index (χ2n) is 3.31. The Kier molecular flexibility index (Phi) is 4.06. The molecule has 1 aromatic rings. The summed E-state index contributed by atoms with van der Waals surface area (Å²) in [7, 11) is 1.62. The average Bonchev–Trinajstić information content (AvgIpc) is 2.11. The van der Waals surface area contributed by atoms with E-state index in [2.05, 4.69) is 46.4 Å². The van der Waals surface area contributed by atoms with Gasteiger partial charge in [-0.2, -0.15) is 0 Å². The number of nitrogens with two attached hydrogens (primary N) is 1. The number of nitrogen functional groups attached to an aromatic ring is 1. The molecule has 0 radical (unpaired) electrons. The van der Waals surface area contributed by atoms with Crippen LogP contribution in [0.4, 0.5) is 5.82 Å². The number of hydrogen-bond donors (Lipinski definition) is 1. The van der Waals surface area contributed by atoms with Crippen molar-refractivity contribution in [2.75, 3.05) is 12.8 Å². The summed E-state index contributed by atoms with van der Waals surface area (Å²) < 4.78 is 5.92. The standard InChI is InChI=1S/C9H14IN3O/c1-5(2)8-7(10)9(11)13-6(12-8)4-14-3/h5H,4H2,1-3H3,(H2,11,12,13). The number of aromatic nitrogens is 2. The molecular formula is C9H14IN3O. The van der Waals surface area contributed by atoms with Crippen LogP contribution in [0.2, 0.25) is 0 Å². The maximum absolute atomic E-state index is 5.78. The van der Waals surface area contributed by atoms with Crippen LogP contribution in [0.5, 0.6) is 0 Å². The predicted molar refractivity (Wildman–Crippen MR) is 64.0 cm³/mol. The van der Waals surface area contributed by atoms with Crippen molar-refractivity contribution >= 4 is 28.4 Å². The topological polar surface area (TPSA) is 61.0 Å². The van der Waals surface area contributed by atoms with Crippen LogP contribution in [0, 0.1) is 3.57 Å². The van der Waals surface area contributed by atoms with Gasteiger partial charge in [0.25, 0.3) is 0 Å². The number of halogens is 1. The zero-order chi connectivity index (χ0) is 10.7. The second kappa shape index (κ2) is 4.88. The quantitative estimate of drug-likeness (QED) is 0.867. The molecule has 1 heterocycles. The summed E-state index contributed by atoms with van der Waals surface area (Å²) in [6.45, 7) is 4.57. The Balaban J connectivity index is 3.14. The molecule has 0 saturated heterocycles. The molecule has 78 valence electrons. The van der Waals surface area contributed by atoms with Crippen LogP contribution in [0.15, 0.2) is 0 Å². The Hall–Kier alpha value is -0.430. The Morgan fingerprint density at radius 2 is 2.07 bits per heavy atom. The van der Waals surface area contributed by atoms with E-state index in [1.807, 2.05) is 0 Å². The van der Waals surface area contributed by atoms with Crippen LogP contribution in [0.3, 0.4) is 0 Å². The summed E-state index contributed by atoms with van der Waals surface area (Å²) in [5.74, 6) is 1.54. The predicted octanol–water partition coefficient (Wildman–Crippen LogP) is 1.93. The van der Waals surface area contributed by atoms with Gasteiger partial charge in [0.05, 0.1) is 9.26 Å². The first-order valence-electron chi connectivity index (χ1n) is 4.37. The van der Waals surface area contributed by atoms with Gasteiger partial charge in [0, 0.05) is 7.11 Å². The molecule has 14 heavy (non-hydrogen) atoms. The molecular weight excluding hydrogens is 293 g/mol. The molecule has 1 aromatic heterocycles. The molecule has 0 unspecified atom stereocenters. The molecule has 0 aromatic carbocycles. The van der Waals surface area contributed by atoms with Crippen molar-refractivity contribution in [1.82, 2.24) is 9.97 Å². The van der Waals surface area contributed by atoms with Crippen molar-refractivity contribution in [1.29, 1.82) is 0 Å². The first-order chi connectivity index (χ1) is 6.56. The number of anilines is 1. The highest BCUT2D eigenvalue weighted by atomic mass is 127. The largest absolute Gasteiger partial charge is 0.383 e. The van der Waals surface area contributed by atoms with Crippen molar-refractivity contribution in [3.63, 3.8) is 0 Å². The van der Waals surface area contributed by atoms with Gasteiger partial charge in [-0.1, -0.05) is 13.8 Å². The highest BCUT2D eigenvalue weighted by Gasteiger charge is 2.12. The fourth-order valence-corrected chi connectivity index (χ4v) is 1.97. The lowest BCUT2D eigenvalue weighted by Gasteiger charge is -2.10. The van der Waals surface area contributed by atoms with E-state index < -0.39 is 0 Å². The van der Waals surface area contributed by atoms with E-state index in [1.165, 1.54) is 0 Å².